The first-order valence-corrected chi connectivity index (χ1v) is 7.74. The van der Waals surface area contributed by atoms with Gasteiger partial charge in [0.2, 0.25) is 0 Å². The molecule has 0 aliphatic heterocycles. The topological polar surface area (TPSA) is 44.5 Å². The zero-order chi connectivity index (χ0) is 15.2. The van der Waals surface area contributed by atoms with Crippen LogP contribution in [-0.2, 0) is 0 Å². The molecule has 3 nitrogen and oxygen atoms in total. The quantitative estimate of drug-likeness (QED) is 0.616. The Morgan fingerprint density at radius 3 is 2.29 bits per heavy atom. The highest BCUT2D eigenvalue weighted by atomic mass is 79.9. The van der Waals surface area contributed by atoms with E-state index in [1.807, 2.05) is 36.4 Å². The van der Waals surface area contributed by atoms with Crippen LogP contribution in [0, 0.1) is 13.8 Å². The van der Waals surface area contributed by atoms with Gasteiger partial charge in [-0.1, -0.05) is 28.1 Å². The summed E-state index contributed by atoms with van der Waals surface area (Å²) in [5, 5.41) is 0. The number of anilines is 1. The first-order chi connectivity index (χ1) is 10.1. The SMILES string of the molecule is Cc1cc(OCCCOc2ccccc2N)cc(C)c1Br. The van der Waals surface area contributed by atoms with Crippen molar-refractivity contribution in [3.8, 4) is 11.5 Å². The predicted octanol–water partition coefficient (Wildman–Crippen LogP) is 4.50. The molecule has 2 aromatic rings. The number of halogens is 1. The molecule has 0 aliphatic rings. The summed E-state index contributed by atoms with van der Waals surface area (Å²) < 4.78 is 12.5. The largest absolute Gasteiger partial charge is 0.493 e. The van der Waals surface area contributed by atoms with Crippen LogP contribution < -0.4 is 15.2 Å². The Hall–Kier alpha value is -1.68. The molecule has 0 amide bonds. The van der Waals surface area contributed by atoms with Crippen LogP contribution in [-0.4, -0.2) is 13.2 Å². The highest BCUT2D eigenvalue weighted by Gasteiger charge is 2.03. The second-order valence-corrected chi connectivity index (χ2v) is 5.75. The van der Waals surface area contributed by atoms with E-state index in [0.717, 1.165) is 22.4 Å². The summed E-state index contributed by atoms with van der Waals surface area (Å²) in [5.41, 5.74) is 8.84. The summed E-state index contributed by atoms with van der Waals surface area (Å²) in [6.07, 6.45) is 0.808. The van der Waals surface area contributed by atoms with E-state index in [1.165, 1.54) is 11.1 Å². The van der Waals surface area contributed by atoms with Crippen molar-refractivity contribution in [1.29, 1.82) is 0 Å². The molecule has 0 radical (unpaired) electrons. The van der Waals surface area contributed by atoms with Crippen molar-refractivity contribution in [3.05, 3.63) is 52.0 Å². The molecule has 0 atom stereocenters. The second-order valence-electron chi connectivity index (χ2n) is 4.96. The summed E-state index contributed by atoms with van der Waals surface area (Å²) in [7, 11) is 0. The minimum absolute atomic E-state index is 0.586. The number of nitrogens with two attached hydrogens (primary N) is 1. The Labute approximate surface area is 134 Å². The number of hydrogen-bond acceptors (Lipinski definition) is 3. The van der Waals surface area contributed by atoms with Gasteiger partial charge in [-0.3, -0.25) is 0 Å². The molecule has 0 aliphatic carbocycles. The number of rotatable bonds is 6. The third kappa shape index (κ3) is 4.39. The van der Waals surface area contributed by atoms with Crippen LogP contribution >= 0.6 is 15.9 Å². The Balaban J connectivity index is 1.77. The average molecular weight is 350 g/mol. The normalized spacial score (nSPS) is 10.4. The molecule has 0 saturated carbocycles. The molecule has 21 heavy (non-hydrogen) atoms. The van der Waals surface area contributed by atoms with Crippen molar-refractivity contribution in [1.82, 2.24) is 0 Å². The monoisotopic (exact) mass is 349 g/mol. The summed E-state index contributed by atoms with van der Waals surface area (Å²) >= 11 is 3.55. The van der Waals surface area contributed by atoms with Crippen LogP contribution in [0.25, 0.3) is 0 Å². The van der Waals surface area contributed by atoms with Gasteiger partial charge in [-0.05, 0) is 49.2 Å². The molecule has 0 fully saturated rings. The highest BCUT2D eigenvalue weighted by molar-refractivity contribution is 9.10. The van der Waals surface area contributed by atoms with Crippen molar-refractivity contribution >= 4 is 21.6 Å². The first-order valence-electron chi connectivity index (χ1n) is 6.95. The zero-order valence-corrected chi connectivity index (χ0v) is 13.9. The van der Waals surface area contributed by atoms with E-state index >= 15 is 0 Å². The molecule has 2 N–H and O–H groups in total. The number of benzene rings is 2. The molecule has 0 saturated heterocycles. The lowest BCUT2D eigenvalue weighted by Gasteiger charge is -2.11. The standard InChI is InChI=1S/C17H20BrNO2/c1-12-10-14(11-13(2)17(12)18)20-8-5-9-21-16-7-4-3-6-15(16)19/h3-4,6-7,10-11H,5,8-9,19H2,1-2H3. The van der Waals surface area contributed by atoms with Crippen molar-refractivity contribution in [2.75, 3.05) is 18.9 Å². The summed E-state index contributed by atoms with van der Waals surface area (Å²) in [6.45, 7) is 5.33. The van der Waals surface area contributed by atoms with Gasteiger partial charge in [0.15, 0.2) is 0 Å². The predicted molar refractivity (Wildman–Crippen MR) is 90.1 cm³/mol. The Kier molecular flexibility index (Phi) is 5.51. The van der Waals surface area contributed by atoms with Crippen LogP contribution in [0.5, 0.6) is 11.5 Å². The van der Waals surface area contributed by atoms with Gasteiger partial charge in [-0.2, -0.15) is 0 Å². The fourth-order valence-electron chi connectivity index (χ4n) is 2.03. The zero-order valence-electron chi connectivity index (χ0n) is 12.4. The van der Waals surface area contributed by atoms with E-state index in [4.69, 9.17) is 15.2 Å². The fourth-order valence-corrected chi connectivity index (χ4v) is 2.26. The van der Waals surface area contributed by atoms with Crippen LogP contribution in [0.15, 0.2) is 40.9 Å². The van der Waals surface area contributed by atoms with E-state index in [9.17, 15) is 0 Å². The van der Waals surface area contributed by atoms with E-state index in [2.05, 4.69) is 29.8 Å². The second kappa shape index (κ2) is 7.36. The molecule has 0 unspecified atom stereocenters. The maximum atomic E-state index is 5.81. The number of nitrogen functional groups attached to an aromatic ring is 1. The van der Waals surface area contributed by atoms with Crippen LogP contribution in [0.4, 0.5) is 5.69 Å². The Morgan fingerprint density at radius 1 is 1.00 bits per heavy atom. The van der Waals surface area contributed by atoms with Crippen molar-refractivity contribution in [2.45, 2.75) is 20.3 Å². The number of para-hydroxylation sites is 2. The third-order valence-corrected chi connectivity index (χ3v) is 4.39. The summed E-state index contributed by atoms with van der Waals surface area (Å²) in [5.74, 6) is 1.63. The molecule has 2 rings (SSSR count). The lowest BCUT2D eigenvalue weighted by molar-refractivity contribution is 0.248. The van der Waals surface area contributed by atoms with Gasteiger partial charge in [-0.25, -0.2) is 0 Å². The van der Waals surface area contributed by atoms with Gasteiger partial charge >= 0.3 is 0 Å². The van der Waals surface area contributed by atoms with E-state index < -0.39 is 0 Å². The molecule has 0 heterocycles. The highest BCUT2D eigenvalue weighted by Crippen LogP contribution is 2.26. The van der Waals surface area contributed by atoms with E-state index in [0.29, 0.717) is 18.9 Å². The van der Waals surface area contributed by atoms with E-state index in [-0.39, 0.29) is 0 Å². The van der Waals surface area contributed by atoms with Gasteiger partial charge in [-0.15, -0.1) is 0 Å². The lowest BCUT2D eigenvalue weighted by atomic mass is 10.1. The molecule has 2 aromatic carbocycles. The molecular formula is C17H20BrNO2. The Morgan fingerprint density at radius 2 is 1.62 bits per heavy atom. The molecular weight excluding hydrogens is 330 g/mol. The van der Waals surface area contributed by atoms with E-state index in [1.54, 1.807) is 0 Å². The molecule has 112 valence electrons. The van der Waals surface area contributed by atoms with Crippen molar-refractivity contribution in [2.24, 2.45) is 0 Å². The average Bonchev–Trinajstić information content (AvgIpc) is 2.46. The lowest BCUT2D eigenvalue weighted by Crippen LogP contribution is -2.06. The van der Waals surface area contributed by atoms with Gasteiger partial charge < -0.3 is 15.2 Å². The Bertz CT molecular complexity index is 590. The number of ether oxygens (including phenoxy) is 2. The van der Waals surface area contributed by atoms with Gasteiger partial charge in [0.05, 0.1) is 18.9 Å². The summed E-state index contributed by atoms with van der Waals surface area (Å²) in [4.78, 5) is 0. The first kappa shape index (κ1) is 15.7. The maximum absolute atomic E-state index is 5.81. The van der Waals surface area contributed by atoms with Gasteiger partial charge in [0.1, 0.15) is 11.5 Å². The fraction of sp³-hybridized carbons (Fsp3) is 0.294. The van der Waals surface area contributed by atoms with Crippen molar-refractivity contribution < 1.29 is 9.47 Å². The van der Waals surface area contributed by atoms with Gasteiger partial charge in [0.25, 0.3) is 0 Å². The molecule has 0 spiro atoms. The molecule has 0 bridgehead atoms. The number of hydrogen-bond donors (Lipinski definition) is 1. The minimum Gasteiger partial charge on any atom is -0.493 e. The molecule has 4 heteroatoms. The summed E-state index contributed by atoms with van der Waals surface area (Å²) in [6, 6.07) is 11.6. The smallest absolute Gasteiger partial charge is 0.142 e. The third-order valence-electron chi connectivity index (χ3n) is 3.14. The maximum Gasteiger partial charge on any atom is 0.142 e. The van der Waals surface area contributed by atoms with Crippen LogP contribution in [0.1, 0.15) is 17.5 Å². The molecule has 0 aromatic heterocycles. The van der Waals surface area contributed by atoms with Crippen molar-refractivity contribution in [3.63, 3.8) is 0 Å². The van der Waals surface area contributed by atoms with Crippen LogP contribution in [0.3, 0.4) is 0 Å². The van der Waals surface area contributed by atoms with Crippen LogP contribution in [0.2, 0.25) is 0 Å². The number of aryl methyl sites for hydroxylation is 2. The minimum atomic E-state index is 0.586. The van der Waals surface area contributed by atoms with Gasteiger partial charge in [0, 0.05) is 10.9 Å².